The number of rotatable bonds is 4. The number of hydrogen-bond donors (Lipinski definition) is 1. The third-order valence-electron chi connectivity index (χ3n) is 7.58. The van der Waals surface area contributed by atoms with Crippen LogP contribution in [0.3, 0.4) is 0 Å². The molecule has 3 heterocycles. The number of carbonyl (C=O) groups excluding carboxylic acids is 2. The number of carbonyl (C=O) groups is 2. The van der Waals surface area contributed by atoms with Crippen LogP contribution >= 0.6 is 11.8 Å². The third-order valence-corrected chi connectivity index (χ3v) is 8.62. The van der Waals surface area contributed by atoms with Crippen molar-refractivity contribution >= 4 is 34.8 Å². The largest absolute Gasteiger partial charge is 0.324 e. The standard InChI is InChI=1S/C27H23N3O4S/c1-16-10-11-21-20(12-16)27(26(32)28-21)24(25(31)17-6-3-2-4-7-17)23(22-14-35-15-29(22)27)18-8-5-9-19(13-18)30(33)34/h2-13,22-24H,14-15H2,1H3,(H,28,32)/t22-,23+,24-,27+/m0/s1. The van der Waals surface area contributed by atoms with Crippen LogP contribution in [0.2, 0.25) is 0 Å². The maximum Gasteiger partial charge on any atom is 0.269 e. The zero-order chi connectivity index (χ0) is 24.3. The lowest BCUT2D eigenvalue weighted by Gasteiger charge is -2.36. The normalized spacial score (nSPS) is 27.0. The van der Waals surface area contributed by atoms with Crippen LogP contribution in [0.4, 0.5) is 11.4 Å². The van der Waals surface area contributed by atoms with Crippen molar-refractivity contribution in [3.05, 3.63) is 105 Å². The van der Waals surface area contributed by atoms with Gasteiger partial charge in [-0.2, -0.15) is 0 Å². The lowest BCUT2D eigenvalue weighted by Crippen LogP contribution is -2.52. The number of nitrogens with one attached hydrogen (secondary N) is 1. The molecule has 7 nitrogen and oxygen atoms in total. The van der Waals surface area contributed by atoms with Crippen LogP contribution in [-0.4, -0.2) is 39.2 Å². The Hall–Kier alpha value is -3.49. The Morgan fingerprint density at radius 3 is 2.69 bits per heavy atom. The molecule has 3 aliphatic heterocycles. The molecule has 8 heteroatoms. The van der Waals surface area contributed by atoms with E-state index in [2.05, 4.69) is 10.2 Å². The van der Waals surface area contributed by atoms with Crippen molar-refractivity contribution in [3.63, 3.8) is 0 Å². The highest BCUT2D eigenvalue weighted by Gasteiger charge is 2.69. The Balaban J connectivity index is 1.63. The first kappa shape index (κ1) is 22.0. The Morgan fingerprint density at radius 2 is 1.91 bits per heavy atom. The number of nitro groups is 1. The van der Waals surface area contributed by atoms with E-state index in [1.807, 2.05) is 49.4 Å². The van der Waals surface area contributed by atoms with Crippen LogP contribution in [0.5, 0.6) is 0 Å². The molecule has 0 aromatic heterocycles. The topological polar surface area (TPSA) is 92.5 Å². The summed E-state index contributed by atoms with van der Waals surface area (Å²) in [4.78, 5) is 41.7. The fraction of sp³-hybridized carbons (Fsp3) is 0.259. The Labute approximate surface area is 206 Å². The molecule has 176 valence electrons. The number of Topliss-reactive ketones (excluding diaryl/α,β-unsaturated/α-hetero) is 1. The molecule has 0 saturated carbocycles. The number of ketones is 1. The predicted octanol–water partition coefficient (Wildman–Crippen LogP) is 4.72. The van der Waals surface area contributed by atoms with E-state index in [0.717, 1.165) is 28.1 Å². The van der Waals surface area contributed by atoms with Crippen molar-refractivity contribution in [1.82, 2.24) is 4.90 Å². The smallest absolute Gasteiger partial charge is 0.269 e. The number of aryl methyl sites for hydroxylation is 1. The molecule has 1 amide bonds. The van der Waals surface area contributed by atoms with Gasteiger partial charge in [0.05, 0.1) is 10.8 Å². The summed E-state index contributed by atoms with van der Waals surface area (Å²) in [6.45, 7) is 1.98. The summed E-state index contributed by atoms with van der Waals surface area (Å²) in [5.41, 5.74) is 2.61. The Kier molecular flexibility index (Phi) is 5.05. The van der Waals surface area contributed by atoms with Gasteiger partial charge in [0.25, 0.3) is 5.69 Å². The molecular formula is C27H23N3O4S. The summed E-state index contributed by atoms with van der Waals surface area (Å²) >= 11 is 1.73. The molecule has 0 radical (unpaired) electrons. The van der Waals surface area contributed by atoms with Crippen LogP contribution in [0, 0.1) is 23.0 Å². The predicted molar refractivity (Wildman–Crippen MR) is 135 cm³/mol. The molecule has 0 bridgehead atoms. The van der Waals surface area contributed by atoms with Crippen molar-refractivity contribution in [1.29, 1.82) is 0 Å². The number of hydrogen-bond acceptors (Lipinski definition) is 6. The van der Waals surface area contributed by atoms with Crippen LogP contribution in [0.15, 0.2) is 72.8 Å². The number of fused-ring (bicyclic) bond motifs is 4. The first-order chi connectivity index (χ1) is 16.9. The van der Waals surface area contributed by atoms with Crippen molar-refractivity contribution < 1.29 is 14.5 Å². The number of non-ortho nitro benzene ring substituents is 1. The van der Waals surface area contributed by atoms with E-state index in [-0.39, 0.29) is 29.3 Å². The number of anilines is 1. The van der Waals surface area contributed by atoms with Crippen molar-refractivity contribution in [2.24, 2.45) is 5.92 Å². The van der Waals surface area contributed by atoms with Gasteiger partial charge in [-0.25, -0.2) is 0 Å². The van der Waals surface area contributed by atoms with Gasteiger partial charge in [-0.1, -0.05) is 60.2 Å². The quantitative estimate of drug-likeness (QED) is 0.327. The van der Waals surface area contributed by atoms with Gasteiger partial charge in [-0.15, -0.1) is 11.8 Å². The lowest BCUT2D eigenvalue weighted by atomic mass is 9.69. The van der Waals surface area contributed by atoms with Crippen LogP contribution in [0.25, 0.3) is 0 Å². The number of thioether (sulfide) groups is 1. The van der Waals surface area contributed by atoms with E-state index in [0.29, 0.717) is 11.4 Å². The zero-order valence-corrected chi connectivity index (χ0v) is 19.8. The molecular weight excluding hydrogens is 462 g/mol. The maximum absolute atomic E-state index is 14.3. The molecule has 1 N–H and O–H groups in total. The molecule has 35 heavy (non-hydrogen) atoms. The van der Waals surface area contributed by atoms with Crippen LogP contribution in [0.1, 0.15) is 33.0 Å². The summed E-state index contributed by atoms with van der Waals surface area (Å²) in [5, 5.41) is 14.7. The van der Waals surface area contributed by atoms with E-state index in [9.17, 15) is 19.7 Å². The molecule has 2 fully saturated rings. The van der Waals surface area contributed by atoms with Crippen molar-refractivity contribution in [3.8, 4) is 0 Å². The molecule has 3 aliphatic rings. The summed E-state index contributed by atoms with van der Waals surface area (Å²) in [6, 6.07) is 21.4. The van der Waals surface area contributed by atoms with Gasteiger partial charge < -0.3 is 5.32 Å². The van der Waals surface area contributed by atoms with Gasteiger partial charge in [0, 0.05) is 52.5 Å². The van der Waals surface area contributed by atoms with E-state index in [1.54, 1.807) is 36.0 Å². The van der Waals surface area contributed by atoms with Crippen LogP contribution < -0.4 is 5.32 Å². The maximum atomic E-state index is 14.3. The average Bonchev–Trinajstić information content (AvgIpc) is 3.52. The minimum Gasteiger partial charge on any atom is -0.324 e. The van der Waals surface area contributed by atoms with Crippen LogP contribution in [-0.2, 0) is 10.3 Å². The zero-order valence-electron chi connectivity index (χ0n) is 19.0. The third kappa shape index (κ3) is 3.10. The number of amides is 1. The molecule has 3 aromatic rings. The summed E-state index contributed by atoms with van der Waals surface area (Å²) in [5.74, 6) is -0.0908. The molecule has 0 unspecified atom stereocenters. The van der Waals surface area contributed by atoms with Gasteiger partial charge in [0.15, 0.2) is 5.78 Å². The fourth-order valence-electron chi connectivity index (χ4n) is 6.19. The Bertz CT molecular complexity index is 1380. The Morgan fingerprint density at radius 1 is 1.11 bits per heavy atom. The summed E-state index contributed by atoms with van der Waals surface area (Å²) in [7, 11) is 0. The highest BCUT2D eigenvalue weighted by atomic mass is 32.2. The highest BCUT2D eigenvalue weighted by molar-refractivity contribution is 7.99. The van der Waals surface area contributed by atoms with Gasteiger partial charge in [-0.3, -0.25) is 24.6 Å². The molecule has 6 rings (SSSR count). The van der Waals surface area contributed by atoms with Gasteiger partial charge >= 0.3 is 0 Å². The van der Waals surface area contributed by atoms with E-state index >= 15 is 0 Å². The SMILES string of the molecule is Cc1ccc2c(c1)[C@]1(C(=O)N2)[C@H](C(=O)c2ccccc2)[C@H](c2cccc([N+](=O)[O-])c2)[C@@H]2CSCN21. The number of nitrogens with zero attached hydrogens (tertiary/aromatic N) is 2. The summed E-state index contributed by atoms with van der Waals surface area (Å²) < 4.78 is 0. The molecule has 2 saturated heterocycles. The highest BCUT2D eigenvalue weighted by Crippen LogP contribution is 2.61. The number of benzene rings is 3. The minimum absolute atomic E-state index is 0.0151. The summed E-state index contributed by atoms with van der Waals surface area (Å²) in [6.07, 6.45) is 0. The second-order valence-corrected chi connectivity index (χ2v) is 10.4. The number of nitro benzene ring substituents is 1. The minimum atomic E-state index is -1.18. The molecule has 4 atom stereocenters. The van der Waals surface area contributed by atoms with E-state index in [1.165, 1.54) is 6.07 Å². The molecule has 0 aliphatic carbocycles. The first-order valence-corrected chi connectivity index (χ1v) is 12.7. The van der Waals surface area contributed by atoms with Gasteiger partial charge in [0.1, 0.15) is 5.54 Å². The lowest BCUT2D eigenvalue weighted by molar-refractivity contribution is -0.384. The van der Waals surface area contributed by atoms with Crippen molar-refractivity contribution in [2.45, 2.75) is 24.4 Å². The second-order valence-electron chi connectivity index (χ2n) is 9.39. The van der Waals surface area contributed by atoms with Gasteiger partial charge in [0.2, 0.25) is 5.91 Å². The van der Waals surface area contributed by atoms with Crippen molar-refractivity contribution in [2.75, 3.05) is 16.9 Å². The van der Waals surface area contributed by atoms with E-state index < -0.39 is 16.4 Å². The molecule has 1 spiro atoms. The fourth-order valence-corrected chi connectivity index (χ4v) is 7.52. The molecule has 3 aromatic carbocycles. The monoisotopic (exact) mass is 485 g/mol. The average molecular weight is 486 g/mol. The first-order valence-electron chi connectivity index (χ1n) is 11.5. The van der Waals surface area contributed by atoms with Gasteiger partial charge in [-0.05, 0) is 18.6 Å². The van der Waals surface area contributed by atoms with E-state index in [4.69, 9.17) is 0 Å². The second kappa shape index (κ2) is 8.03.